The van der Waals surface area contributed by atoms with Crippen LogP contribution in [0.3, 0.4) is 0 Å². The van der Waals surface area contributed by atoms with Gasteiger partial charge in [-0.2, -0.15) is 5.10 Å². The summed E-state index contributed by atoms with van der Waals surface area (Å²) < 4.78 is 1.75. The van der Waals surface area contributed by atoms with Crippen molar-refractivity contribution in [1.29, 1.82) is 0 Å². The van der Waals surface area contributed by atoms with Gasteiger partial charge in [0, 0.05) is 10.6 Å². The topological polar surface area (TPSA) is 43.8 Å². The fourth-order valence-electron chi connectivity index (χ4n) is 2.26. The highest BCUT2D eigenvalue weighted by Gasteiger charge is 2.09. The van der Waals surface area contributed by atoms with Crippen LogP contribution >= 0.6 is 11.6 Å². The van der Waals surface area contributed by atoms with E-state index in [-0.39, 0.29) is 0 Å². The highest BCUT2D eigenvalue weighted by atomic mass is 35.5. The molecular formula is C17H16ClN3. The summed E-state index contributed by atoms with van der Waals surface area (Å²) in [7, 11) is 0. The largest absolute Gasteiger partial charge is 0.396 e. The Morgan fingerprint density at radius 3 is 2.57 bits per heavy atom. The van der Waals surface area contributed by atoms with Crippen LogP contribution in [0.1, 0.15) is 12.5 Å². The van der Waals surface area contributed by atoms with E-state index in [1.807, 2.05) is 30.5 Å². The summed E-state index contributed by atoms with van der Waals surface area (Å²) in [5, 5.41) is 5.26. The molecule has 0 spiro atoms. The predicted octanol–water partition coefficient (Wildman–Crippen LogP) is 4.34. The minimum Gasteiger partial charge on any atom is -0.396 e. The summed E-state index contributed by atoms with van der Waals surface area (Å²) in [6, 6.07) is 15.9. The Morgan fingerprint density at radius 2 is 1.90 bits per heavy atom. The zero-order chi connectivity index (χ0) is 14.8. The summed E-state index contributed by atoms with van der Waals surface area (Å²) in [4.78, 5) is 0. The van der Waals surface area contributed by atoms with E-state index in [9.17, 15) is 0 Å². The third kappa shape index (κ3) is 2.78. The summed E-state index contributed by atoms with van der Waals surface area (Å²) >= 11 is 6.02. The average Bonchev–Trinajstić information content (AvgIpc) is 2.89. The molecule has 1 aromatic heterocycles. The van der Waals surface area contributed by atoms with Crippen molar-refractivity contribution in [2.45, 2.75) is 13.3 Å². The van der Waals surface area contributed by atoms with Crippen molar-refractivity contribution in [2.24, 2.45) is 0 Å². The van der Waals surface area contributed by atoms with Crippen LogP contribution in [-0.4, -0.2) is 9.78 Å². The molecule has 106 valence electrons. The molecule has 3 rings (SSSR count). The molecule has 2 aromatic carbocycles. The maximum atomic E-state index is 6.10. The second-order valence-corrected chi connectivity index (χ2v) is 5.34. The lowest BCUT2D eigenvalue weighted by molar-refractivity contribution is 0.884. The maximum absolute atomic E-state index is 6.10. The number of hydrogen-bond donors (Lipinski definition) is 1. The Labute approximate surface area is 129 Å². The molecule has 0 radical (unpaired) electrons. The smallest absolute Gasteiger partial charge is 0.116 e. The van der Waals surface area contributed by atoms with Crippen LogP contribution in [0.2, 0.25) is 5.02 Å². The standard InChI is InChI=1S/C17H16ClN3/c1-2-12-6-8-13(9-7-12)17-16(19)11-21(20-17)15-5-3-4-14(18)10-15/h3-11H,2,19H2,1H3. The molecule has 0 atom stereocenters. The third-order valence-electron chi connectivity index (χ3n) is 3.45. The molecule has 0 unspecified atom stereocenters. The summed E-state index contributed by atoms with van der Waals surface area (Å²) in [5.74, 6) is 0. The van der Waals surface area contributed by atoms with Gasteiger partial charge in [0.1, 0.15) is 5.69 Å². The zero-order valence-electron chi connectivity index (χ0n) is 11.8. The fourth-order valence-corrected chi connectivity index (χ4v) is 2.45. The molecule has 0 aliphatic carbocycles. The summed E-state index contributed by atoms with van der Waals surface area (Å²) in [5.41, 5.74) is 10.8. The molecule has 4 heteroatoms. The number of halogens is 1. The average molecular weight is 298 g/mol. The molecule has 0 saturated heterocycles. The quantitative estimate of drug-likeness (QED) is 0.781. The predicted molar refractivity (Wildman–Crippen MR) is 87.8 cm³/mol. The second kappa shape index (κ2) is 5.62. The van der Waals surface area contributed by atoms with Gasteiger partial charge in [0.2, 0.25) is 0 Å². The fraction of sp³-hybridized carbons (Fsp3) is 0.118. The van der Waals surface area contributed by atoms with Crippen molar-refractivity contribution >= 4 is 17.3 Å². The van der Waals surface area contributed by atoms with Gasteiger partial charge in [0.25, 0.3) is 0 Å². The van der Waals surface area contributed by atoms with E-state index >= 15 is 0 Å². The van der Waals surface area contributed by atoms with Crippen LogP contribution in [0, 0.1) is 0 Å². The highest BCUT2D eigenvalue weighted by Crippen LogP contribution is 2.26. The first kappa shape index (κ1) is 13.7. The molecule has 0 amide bonds. The lowest BCUT2D eigenvalue weighted by Crippen LogP contribution is -1.94. The number of nitrogens with two attached hydrogens (primary N) is 1. The maximum Gasteiger partial charge on any atom is 0.116 e. The lowest BCUT2D eigenvalue weighted by atomic mass is 10.1. The molecule has 1 heterocycles. The van der Waals surface area contributed by atoms with Gasteiger partial charge in [-0.05, 0) is 30.2 Å². The molecule has 3 aromatic rings. The molecule has 0 aliphatic heterocycles. The Balaban J connectivity index is 2.01. The van der Waals surface area contributed by atoms with E-state index in [0.29, 0.717) is 10.7 Å². The van der Waals surface area contributed by atoms with E-state index < -0.39 is 0 Å². The molecule has 0 bridgehead atoms. The third-order valence-corrected chi connectivity index (χ3v) is 3.69. The van der Waals surface area contributed by atoms with Gasteiger partial charge in [-0.3, -0.25) is 0 Å². The molecule has 0 saturated carbocycles. The van der Waals surface area contributed by atoms with E-state index in [0.717, 1.165) is 23.4 Å². The normalized spacial score (nSPS) is 10.8. The number of aromatic nitrogens is 2. The molecule has 21 heavy (non-hydrogen) atoms. The number of benzene rings is 2. The number of nitrogens with zero attached hydrogens (tertiary/aromatic N) is 2. The monoisotopic (exact) mass is 297 g/mol. The van der Waals surface area contributed by atoms with Gasteiger partial charge in [0.15, 0.2) is 0 Å². The lowest BCUT2D eigenvalue weighted by Gasteiger charge is -2.02. The first-order valence-electron chi connectivity index (χ1n) is 6.88. The number of rotatable bonds is 3. The van der Waals surface area contributed by atoms with E-state index in [2.05, 4.69) is 36.3 Å². The molecule has 0 fully saturated rings. The van der Waals surface area contributed by atoms with Gasteiger partial charge in [0.05, 0.1) is 17.6 Å². The molecule has 3 nitrogen and oxygen atoms in total. The van der Waals surface area contributed by atoms with Gasteiger partial charge >= 0.3 is 0 Å². The number of hydrogen-bond acceptors (Lipinski definition) is 2. The van der Waals surface area contributed by atoms with Crippen molar-refractivity contribution < 1.29 is 0 Å². The molecule has 2 N–H and O–H groups in total. The Morgan fingerprint density at radius 1 is 1.14 bits per heavy atom. The van der Waals surface area contributed by atoms with Gasteiger partial charge in [-0.1, -0.05) is 48.9 Å². The highest BCUT2D eigenvalue weighted by molar-refractivity contribution is 6.30. The van der Waals surface area contributed by atoms with E-state index in [1.54, 1.807) is 4.68 Å². The minimum absolute atomic E-state index is 0.652. The number of nitrogen functional groups attached to an aromatic ring is 1. The van der Waals surface area contributed by atoms with Crippen molar-refractivity contribution in [3.63, 3.8) is 0 Å². The Hall–Kier alpha value is -2.26. The van der Waals surface area contributed by atoms with Crippen LogP contribution in [0.15, 0.2) is 54.7 Å². The van der Waals surface area contributed by atoms with Gasteiger partial charge in [-0.25, -0.2) is 4.68 Å². The van der Waals surface area contributed by atoms with Gasteiger partial charge < -0.3 is 5.73 Å². The van der Waals surface area contributed by atoms with Gasteiger partial charge in [-0.15, -0.1) is 0 Å². The minimum atomic E-state index is 0.652. The van der Waals surface area contributed by atoms with Crippen LogP contribution in [-0.2, 0) is 6.42 Å². The molecule has 0 aliphatic rings. The van der Waals surface area contributed by atoms with E-state index in [1.165, 1.54) is 5.56 Å². The van der Waals surface area contributed by atoms with Crippen LogP contribution in [0.4, 0.5) is 5.69 Å². The van der Waals surface area contributed by atoms with Crippen LogP contribution in [0.25, 0.3) is 16.9 Å². The summed E-state index contributed by atoms with van der Waals surface area (Å²) in [6.45, 7) is 2.14. The second-order valence-electron chi connectivity index (χ2n) is 4.91. The Kier molecular flexibility index (Phi) is 3.67. The number of aryl methyl sites for hydroxylation is 1. The number of anilines is 1. The van der Waals surface area contributed by atoms with Crippen molar-refractivity contribution in [2.75, 3.05) is 5.73 Å². The Bertz CT molecular complexity index is 760. The van der Waals surface area contributed by atoms with E-state index in [4.69, 9.17) is 17.3 Å². The van der Waals surface area contributed by atoms with Crippen molar-refractivity contribution in [3.05, 3.63) is 65.3 Å². The van der Waals surface area contributed by atoms with Crippen LogP contribution < -0.4 is 5.73 Å². The van der Waals surface area contributed by atoms with Crippen molar-refractivity contribution in [3.8, 4) is 16.9 Å². The first-order chi connectivity index (χ1) is 10.2. The van der Waals surface area contributed by atoms with Crippen LogP contribution in [0.5, 0.6) is 0 Å². The van der Waals surface area contributed by atoms with Crippen molar-refractivity contribution in [1.82, 2.24) is 9.78 Å². The molecular weight excluding hydrogens is 282 g/mol. The summed E-state index contributed by atoms with van der Waals surface area (Å²) in [6.07, 6.45) is 2.83. The first-order valence-corrected chi connectivity index (χ1v) is 7.25. The SMILES string of the molecule is CCc1ccc(-c2nn(-c3cccc(Cl)c3)cc2N)cc1. The zero-order valence-corrected chi connectivity index (χ0v) is 12.5.